The highest BCUT2D eigenvalue weighted by Crippen LogP contribution is 2.39. The number of rotatable bonds is 5. The van der Waals surface area contributed by atoms with Crippen LogP contribution in [0.3, 0.4) is 0 Å². The number of allylic oxidation sites excluding steroid dienone is 1. The summed E-state index contributed by atoms with van der Waals surface area (Å²) in [5, 5.41) is 0. The Morgan fingerprint density at radius 1 is 1.03 bits per heavy atom. The molecule has 0 fully saturated rings. The zero-order valence-electron chi connectivity index (χ0n) is 16.5. The first-order valence-corrected chi connectivity index (χ1v) is 8.74. The molecule has 0 spiro atoms. The number of ether oxygens (including phenoxy) is 3. The number of nitrogens with zero attached hydrogens (tertiary/aromatic N) is 1. The predicted octanol–water partition coefficient (Wildman–Crippen LogP) is 3.72. The summed E-state index contributed by atoms with van der Waals surface area (Å²) in [5.74, 6) is -0.580. The van der Waals surface area contributed by atoms with E-state index >= 15 is 0 Å². The van der Waals surface area contributed by atoms with Gasteiger partial charge in [-0.05, 0) is 42.8 Å². The van der Waals surface area contributed by atoms with Crippen LogP contribution in [0.15, 0.2) is 59.3 Å². The van der Waals surface area contributed by atoms with Crippen molar-refractivity contribution >= 4 is 23.6 Å². The van der Waals surface area contributed by atoms with E-state index in [1.54, 1.807) is 31.2 Å². The number of esters is 1. The van der Waals surface area contributed by atoms with Crippen molar-refractivity contribution in [2.45, 2.75) is 6.92 Å². The fourth-order valence-corrected chi connectivity index (χ4v) is 3.22. The van der Waals surface area contributed by atoms with Gasteiger partial charge in [-0.2, -0.15) is 0 Å². The molecule has 2 aromatic rings. The Balaban J connectivity index is 2.14. The number of anilines is 1. The first-order valence-electron chi connectivity index (χ1n) is 8.74. The number of hydrogen-bond donors (Lipinski definition) is 0. The highest BCUT2D eigenvalue weighted by atomic mass is 19.1. The van der Waals surface area contributed by atoms with Crippen LogP contribution in [0.4, 0.5) is 10.1 Å². The molecular weight excluding hydrogens is 377 g/mol. The molecule has 3 rings (SSSR count). The molecule has 0 saturated carbocycles. The lowest BCUT2D eigenvalue weighted by molar-refractivity contribution is -0.136. The first kappa shape index (κ1) is 20.1. The summed E-state index contributed by atoms with van der Waals surface area (Å²) < 4.78 is 29.0. The molecular formula is C22H20FNO5. The third kappa shape index (κ3) is 3.71. The van der Waals surface area contributed by atoms with E-state index in [1.807, 2.05) is 0 Å². The molecule has 0 unspecified atom stereocenters. The molecule has 0 atom stereocenters. The van der Waals surface area contributed by atoms with Crippen LogP contribution in [0.1, 0.15) is 12.5 Å². The minimum absolute atomic E-state index is 0.120. The molecule has 0 N–H and O–H groups in total. The third-order valence-corrected chi connectivity index (χ3v) is 4.57. The molecule has 29 heavy (non-hydrogen) atoms. The number of benzene rings is 2. The fraction of sp³-hybridized carbons (Fsp3) is 0.182. The average molecular weight is 397 g/mol. The Labute approximate surface area is 167 Å². The van der Waals surface area contributed by atoms with Gasteiger partial charge in [0.1, 0.15) is 5.82 Å². The van der Waals surface area contributed by atoms with Crippen LogP contribution in [0, 0.1) is 5.82 Å². The second kappa shape index (κ2) is 8.18. The fourth-order valence-electron chi connectivity index (χ4n) is 3.22. The van der Waals surface area contributed by atoms with Gasteiger partial charge in [-0.15, -0.1) is 0 Å². The van der Waals surface area contributed by atoms with Crippen LogP contribution < -0.4 is 14.4 Å². The van der Waals surface area contributed by atoms with E-state index in [0.29, 0.717) is 28.4 Å². The Morgan fingerprint density at radius 2 is 1.76 bits per heavy atom. The van der Waals surface area contributed by atoms with Crippen molar-refractivity contribution in [3.05, 3.63) is 70.7 Å². The Bertz CT molecular complexity index is 1040. The Hall–Kier alpha value is -3.61. The van der Waals surface area contributed by atoms with Crippen LogP contribution in [-0.4, -0.2) is 33.2 Å². The van der Waals surface area contributed by atoms with E-state index in [0.717, 1.165) is 0 Å². The van der Waals surface area contributed by atoms with Crippen molar-refractivity contribution in [2.24, 2.45) is 0 Å². The van der Waals surface area contributed by atoms with Crippen molar-refractivity contribution in [1.29, 1.82) is 0 Å². The van der Waals surface area contributed by atoms with Gasteiger partial charge >= 0.3 is 5.97 Å². The topological polar surface area (TPSA) is 65.1 Å². The summed E-state index contributed by atoms with van der Waals surface area (Å²) in [6.45, 7) is 1.65. The van der Waals surface area contributed by atoms with Gasteiger partial charge < -0.3 is 14.2 Å². The molecule has 7 heteroatoms. The Kier molecular flexibility index (Phi) is 5.68. The van der Waals surface area contributed by atoms with Gasteiger partial charge in [0.2, 0.25) is 0 Å². The van der Waals surface area contributed by atoms with E-state index < -0.39 is 17.7 Å². The highest BCUT2D eigenvalue weighted by molar-refractivity contribution is 6.23. The van der Waals surface area contributed by atoms with Crippen LogP contribution in [0.5, 0.6) is 11.5 Å². The molecule has 0 aliphatic carbocycles. The molecule has 6 nitrogen and oxygen atoms in total. The van der Waals surface area contributed by atoms with E-state index in [-0.39, 0.29) is 11.1 Å². The highest BCUT2D eigenvalue weighted by Gasteiger charge is 2.38. The van der Waals surface area contributed by atoms with Gasteiger partial charge in [0.15, 0.2) is 11.5 Å². The summed E-state index contributed by atoms with van der Waals surface area (Å²) in [7, 11) is 4.25. The average Bonchev–Trinajstić information content (AvgIpc) is 2.96. The van der Waals surface area contributed by atoms with Gasteiger partial charge in [0, 0.05) is 11.8 Å². The maximum absolute atomic E-state index is 13.6. The van der Waals surface area contributed by atoms with Crippen molar-refractivity contribution in [3.63, 3.8) is 0 Å². The maximum atomic E-state index is 13.6. The molecule has 1 aliphatic rings. The SMILES string of the molecule is COC(=O)C1=C(C)N(c2ccc(OC)c(OC)c2)C(=O)C1=Cc1cccc(F)c1. The lowest BCUT2D eigenvalue weighted by Crippen LogP contribution is -2.24. The van der Waals surface area contributed by atoms with Crippen molar-refractivity contribution < 1.29 is 28.2 Å². The molecule has 1 aliphatic heterocycles. The van der Waals surface area contributed by atoms with Crippen LogP contribution in [0.2, 0.25) is 0 Å². The lowest BCUT2D eigenvalue weighted by Gasteiger charge is -2.19. The summed E-state index contributed by atoms with van der Waals surface area (Å²) in [5.41, 5.74) is 1.59. The second-order valence-electron chi connectivity index (χ2n) is 6.24. The number of carbonyl (C=O) groups excluding carboxylic acids is 2. The summed E-state index contributed by atoms with van der Waals surface area (Å²) in [6.07, 6.45) is 1.47. The minimum Gasteiger partial charge on any atom is -0.493 e. The molecule has 0 saturated heterocycles. The zero-order valence-corrected chi connectivity index (χ0v) is 16.5. The molecule has 0 aromatic heterocycles. The molecule has 1 heterocycles. The van der Waals surface area contributed by atoms with Crippen LogP contribution >= 0.6 is 0 Å². The largest absolute Gasteiger partial charge is 0.493 e. The summed E-state index contributed by atoms with van der Waals surface area (Å²) in [6, 6.07) is 10.7. The predicted molar refractivity (Wildman–Crippen MR) is 106 cm³/mol. The third-order valence-electron chi connectivity index (χ3n) is 4.57. The van der Waals surface area contributed by atoms with E-state index in [1.165, 1.54) is 50.5 Å². The molecule has 0 radical (unpaired) electrons. The Morgan fingerprint density at radius 3 is 2.38 bits per heavy atom. The van der Waals surface area contributed by atoms with Crippen molar-refractivity contribution in [1.82, 2.24) is 0 Å². The van der Waals surface area contributed by atoms with E-state index in [2.05, 4.69) is 0 Å². The standard InChI is InChI=1S/C22H20FNO5/c1-13-20(22(26)29-4)17(11-14-6-5-7-15(23)10-14)21(25)24(13)16-8-9-18(27-2)19(12-16)28-3/h5-12H,1-4H3. The lowest BCUT2D eigenvalue weighted by atomic mass is 10.0. The number of carbonyl (C=O) groups is 2. The van der Waals surface area contributed by atoms with E-state index in [9.17, 15) is 14.0 Å². The van der Waals surface area contributed by atoms with Crippen molar-refractivity contribution in [2.75, 3.05) is 26.2 Å². The smallest absolute Gasteiger partial charge is 0.340 e. The van der Waals surface area contributed by atoms with Gasteiger partial charge in [-0.25, -0.2) is 9.18 Å². The number of methoxy groups -OCH3 is 3. The van der Waals surface area contributed by atoms with Gasteiger partial charge in [0.05, 0.1) is 38.2 Å². The van der Waals surface area contributed by atoms with Crippen molar-refractivity contribution in [3.8, 4) is 11.5 Å². The summed E-state index contributed by atoms with van der Waals surface area (Å²) in [4.78, 5) is 27.0. The van der Waals surface area contributed by atoms with Crippen LogP contribution in [0.25, 0.3) is 6.08 Å². The molecule has 0 bridgehead atoms. The van der Waals surface area contributed by atoms with Crippen LogP contribution in [-0.2, 0) is 14.3 Å². The number of hydrogen-bond acceptors (Lipinski definition) is 5. The molecule has 150 valence electrons. The number of amides is 1. The minimum atomic E-state index is -0.651. The number of halogens is 1. The summed E-state index contributed by atoms with van der Waals surface area (Å²) >= 11 is 0. The molecule has 1 amide bonds. The first-order chi connectivity index (χ1) is 13.9. The molecule has 2 aromatic carbocycles. The second-order valence-corrected chi connectivity index (χ2v) is 6.24. The van der Waals surface area contributed by atoms with Gasteiger partial charge in [0.25, 0.3) is 5.91 Å². The quantitative estimate of drug-likeness (QED) is 0.568. The van der Waals surface area contributed by atoms with Gasteiger partial charge in [-0.3, -0.25) is 9.69 Å². The maximum Gasteiger partial charge on any atom is 0.340 e. The monoisotopic (exact) mass is 397 g/mol. The zero-order chi connectivity index (χ0) is 21.1. The van der Waals surface area contributed by atoms with E-state index in [4.69, 9.17) is 14.2 Å². The normalized spacial score (nSPS) is 15.1. The van der Waals surface area contributed by atoms with Gasteiger partial charge in [-0.1, -0.05) is 12.1 Å².